The number of benzene rings is 2. The summed E-state index contributed by atoms with van der Waals surface area (Å²) in [5.41, 5.74) is 8.32. The van der Waals surface area contributed by atoms with E-state index in [1.807, 2.05) is 31.2 Å². The summed E-state index contributed by atoms with van der Waals surface area (Å²) < 4.78 is 32.6. The Hall–Kier alpha value is -1.72. The lowest BCUT2D eigenvalue weighted by Gasteiger charge is -2.12. The highest BCUT2D eigenvalue weighted by atomic mass is 79.9. The lowest BCUT2D eigenvalue weighted by molar-refractivity contribution is 0.494. The predicted molar refractivity (Wildman–Crippen MR) is 81.0 cm³/mol. The SMILES string of the molecule is Cc1cccc2cc(C(N)c3ccc(F)c(F)c3Br)oc12. The number of hydrogen-bond acceptors (Lipinski definition) is 2. The summed E-state index contributed by atoms with van der Waals surface area (Å²) in [6.07, 6.45) is 0. The monoisotopic (exact) mass is 351 g/mol. The molecule has 0 saturated heterocycles. The lowest BCUT2D eigenvalue weighted by atomic mass is 10.0. The largest absolute Gasteiger partial charge is 0.459 e. The van der Waals surface area contributed by atoms with Gasteiger partial charge in [-0.15, -0.1) is 0 Å². The molecule has 2 aromatic carbocycles. The molecule has 0 aliphatic heterocycles. The van der Waals surface area contributed by atoms with Gasteiger partial charge in [0.15, 0.2) is 11.6 Å². The molecule has 0 aliphatic carbocycles. The Labute approximate surface area is 128 Å². The molecule has 0 radical (unpaired) electrons. The van der Waals surface area contributed by atoms with Gasteiger partial charge in [0, 0.05) is 5.39 Å². The number of halogens is 3. The lowest BCUT2D eigenvalue weighted by Crippen LogP contribution is -2.12. The molecule has 108 valence electrons. The van der Waals surface area contributed by atoms with Crippen LogP contribution >= 0.6 is 15.9 Å². The average Bonchev–Trinajstić information content (AvgIpc) is 2.90. The number of furan rings is 1. The third-order valence-electron chi connectivity index (χ3n) is 3.47. The first kappa shape index (κ1) is 14.2. The van der Waals surface area contributed by atoms with Gasteiger partial charge in [-0.3, -0.25) is 0 Å². The molecule has 5 heteroatoms. The molecule has 0 aliphatic rings. The van der Waals surface area contributed by atoms with Crippen LogP contribution in [0.2, 0.25) is 0 Å². The molecule has 0 bridgehead atoms. The fourth-order valence-corrected chi connectivity index (χ4v) is 2.88. The molecule has 2 N–H and O–H groups in total. The summed E-state index contributed by atoms with van der Waals surface area (Å²) in [6.45, 7) is 1.94. The molecule has 1 atom stereocenters. The number of aryl methyl sites for hydroxylation is 1. The van der Waals surface area contributed by atoms with Gasteiger partial charge < -0.3 is 10.2 Å². The van der Waals surface area contributed by atoms with Crippen molar-refractivity contribution in [2.24, 2.45) is 5.73 Å². The molecule has 2 nitrogen and oxygen atoms in total. The second-order valence-corrected chi connectivity index (χ2v) is 5.68. The van der Waals surface area contributed by atoms with Crippen LogP contribution in [0.5, 0.6) is 0 Å². The smallest absolute Gasteiger partial charge is 0.173 e. The van der Waals surface area contributed by atoms with E-state index in [4.69, 9.17) is 10.2 Å². The zero-order chi connectivity index (χ0) is 15.1. The molecule has 3 rings (SSSR count). The van der Waals surface area contributed by atoms with Gasteiger partial charge in [-0.25, -0.2) is 8.78 Å². The first-order chi connectivity index (χ1) is 9.99. The Morgan fingerprint density at radius 1 is 1.19 bits per heavy atom. The summed E-state index contributed by atoms with van der Waals surface area (Å²) in [5, 5.41) is 0.930. The quantitative estimate of drug-likeness (QED) is 0.671. The Kier molecular flexibility index (Phi) is 3.55. The Morgan fingerprint density at radius 2 is 1.95 bits per heavy atom. The van der Waals surface area contributed by atoms with Crippen LogP contribution < -0.4 is 5.73 Å². The Bertz CT molecular complexity index is 829. The highest BCUT2D eigenvalue weighted by Crippen LogP contribution is 2.33. The minimum Gasteiger partial charge on any atom is -0.459 e. The fourth-order valence-electron chi connectivity index (χ4n) is 2.32. The third kappa shape index (κ3) is 2.36. The van der Waals surface area contributed by atoms with Crippen molar-refractivity contribution in [3.8, 4) is 0 Å². The van der Waals surface area contributed by atoms with E-state index in [1.54, 1.807) is 0 Å². The van der Waals surface area contributed by atoms with Gasteiger partial charge in [0.05, 0.1) is 10.5 Å². The second-order valence-electron chi connectivity index (χ2n) is 4.88. The van der Waals surface area contributed by atoms with Crippen molar-refractivity contribution in [2.75, 3.05) is 0 Å². The molecule has 0 fully saturated rings. The molecule has 1 aromatic heterocycles. The van der Waals surface area contributed by atoms with Crippen molar-refractivity contribution in [3.05, 3.63) is 69.4 Å². The van der Waals surface area contributed by atoms with E-state index in [0.717, 1.165) is 22.6 Å². The Balaban J connectivity index is 2.10. The van der Waals surface area contributed by atoms with E-state index in [-0.39, 0.29) is 4.47 Å². The maximum absolute atomic E-state index is 13.6. The first-order valence-electron chi connectivity index (χ1n) is 6.37. The van der Waals surface area contributed by atoms with Gasteiger partial charge in [0.25, 0.3) is 0 Å². The van der Waals surface area contributed by atoms with E-state index in [1.165, 1.54) is 6.07 Å². The number of hydrogen-bond donors (Lipinski definition) is 1. The minimum absolute atomic E-state index is 0.0205. The van der Waals surface area contributed by atoms with Gasteiger partial charge in [-0.1, -0.05) is 24.3 Å². The minimum atomic E-state index is -0.949. The molecule has 1 heterocycles. The molecule has 0 spiro atoms. The van der Waals surface area contributed by atoms with E-state index in [2.05, 4.69) is 15.9 Å². The zero-order valence-corrected chi connectivity index (χ0v) is 12.7. The average molecular weight is 352 g/mol. The predicted octanol–water partition coefficient (Wildman–Crippen LogP) is 4.83. The number of fused-ring (bicyclic) bond motifs is 1. The van der Waals surface area contributed by atoms with Crippen LogP contribution in [-0.2, 0) is 0 Å². The van der Waals surface area contributed by atoms with E-state index >= 15 is 0 Å². The second kappa shape index (κ2) is 5.24. The topological polar surface area (TPSA) is 39.2 Å². The van der Waals surface area contributed by atoms with Crippen LogP contribution in [-0.4, -0.2) is 0 Å². The molecule has 0 saturated carbocycles. The van der Waals surface area contributed by atoms with Crippen LogP contribution in [0.15, 0.2) is 45.3 Å². The van der Waals surface area contributed by atoms with Crippen molar-refractivity contribution >= 4 is 26.9 Å². The zero-order valence-electron chi connectivity index (χ0n) is 11.2. The van der Waals surface area contributed by atoms with Crippen molar-refractivity contribution in [2.45, 2.75) is 13.0 Å². The number of rotatable bonds is 2. The van der Waals surface area contributed by atoms with E-state index in [9.17, 15) is 8.78 Å². The van der Waals surface area contributed by atoms with Gasteiger partial charge in [-0.05, 0) is 46.1 Å². The van der Waals surface area contributed by atoms with Crippen LogP contribution in [0.4, 0.5) is 8.78 Å². The first-order valence-corrected chi connectivity index (χ1v) is 7.16. The van der Waals surface area contributed by atoms with Crippen molar-refractivity contribution in [3.63, 3.8) is 0 Å². The van der Waals surface area contributed by atoms with Crippen molar-refractivity contribution < 1.29 is 13.2 Å². The highest BCUT2D eigenvalue weighted by Gasteiger charge is 2.20. The maximum Gasteiger partial charge on any atom is 0.173 e. The molecule has 1 unspecified atom stereocenters. The molecule has 0 amide bonds. The summed E-state index contributed by atoms with van der Waals surface area (Å²) in [6, 6.07) is 9.44. The molecular weight excluding hydrogens is 340 g/mol. The molecule has 3 aromatic rings. The van der Waals surface area contributed by atoms with Gasteiger partial charge in [0.1, 0.15) is 11.3 Å². The fraction of sp³-hybridized carbons (Fsp3) is 0.125. The van der Waals surface area contributed by atoms with Crippen molar-refractivity contribution in [1.82, 2.24) is 0 Å². The summed E-state index contributed by atoms with van der Waals surface area (Å²) in [7, 11) is 0. The summed E-state index contributed by atoms with van der Waals surface area (Å²) in [4.78, 5) is 0. The summed E-state index contributed by atoms with van der Waals surface area (Å²) in [5.74, 6) is -1.36. The van der Waals surface area contributed by atoms with E-state index in [0.29, 0.717) is 11.3 Å². The normalized spacial score (nSPS) is 12.8. The Morgan fingerprint density at radius 3 is 2.67 bits per heavy atom. The molecular formula is C16H12BrF2NO. The van der Waals surface area contributed by atoms with Gasteiger partial charge in [0.2, 0.25) is 0 Å². The summed E-state index contributed by atoms with van der Waals surface area (Å²) >= 11 is 3.05. The van der Waals surface area contributed by atoms with Gasteiger partial charge >= 0.3 is 0 Å². The van der Waals surface area contributed by atoms with Crippen LogP contribution in [0, 0.1) is 18.6 Å². The number of para-hydroxylation sites is 1. The van der Waals surface area contributed by atoms with Crippen LogP contribution in [0.3, 0.4) is 0 Å². The standard InChI is InChI=1S/C16H12BrF2NO/c1-8-3-2-4-9-7-12(21-16(8)9)15(20)10-5-6-11(18)14(19)13(10)17/h2-7,15H,20H2,1H3. The maximum atomic E-state index is 13.6. The van der Waals surface area contributed by atoms with Crippen LogP contribution in [0.1, 0.15) is 22.9 Å². The molecule has 21 heavy (non-hydrogen) atoms. The highest BCUT2D eigenvalue weighted by molar-refractivity contribution is 9.10. The number of nitrogens with two attached hydrogens (primary N) is 1. The third-order valence-corrected chi connectivity index (χ3v) is 4.27. The van der Waals surface area contributed by atoms with Gasteiger partial charge in [-0.2, -0.15) is 0 Å². The van der Waals surface area contributed by atoms with E-state index < -0.39 is 17.7 Å². The van der Waals surface area contributed by atoms with Crippen molar-refractivity contribution in [1.29, 1.82) is 0 Å². The van der Waals surface area contributed by atoms with Crippen LogP contribution in [0.25, 0.3) is 11.0 Å².